The number of amides is 1. The molecule has 5 nitrogen and oxygen atoms in total. The van der Waals surface area contributed by atoms with Crippen LogP contribution in [0, 0.1) is 5.92 Å². The van der Waals surface area contributed by atoms with Crippen LogP contribution in [0.25, 0.3) is 11.0 Å². The van der Waals surface area contributed by atoms with Crippen LogP contribution in [0.15, 0.2) is 22.9 Å². The van der Waals surface area contributed by atoms with Gasteiger partial charge in [0, 0.05) is 23.5 Å². The Labute approximate surface area is 136 Å². The molecule has 3 fully saturated rings. The molecular weight excluding hydrogens is 290 g/mol. The fraction of sp³-hybridized carbons (Fsp3) is 0.556. The zero-order valence-corrected chi connectivity index (χ0v) is 13.7. The summed E-state index contributed by atoms with van der Waals surface area (Å²) in [5.74, 6) is 0.908. The van der Waals surface area contributed by atoms with Crippen LogP contribution in [0.3, 0.4) is 0 Å². The van der Waals surface area contributed by atoms with Crippen LogP contribution < -0.4 is 5.32 Å². The molecule has 1 amide bonds. The van der Waals surface area contributed by atoms with Crippen molar-refractivity contribution in [3.63, 3.8) is 0 Å². The first-order valence-electron chi connectivity index (χ1n) is 8.52. The molecule has 122 valence electrons. The van der Waals surface area contributed by atoms with E-state index in [1.807, 2.05) is 6.07 Å². The highest BCUT2D eigenvalue weighted by molar-refractivity contribution is 5.96. The van der Waals surface area contributed by atoms with Crippen LogP contribution >= 0.6 is 0 Å². The Morgan fingerprint density at radius 1 is 1.39 bits per heavy atom. The quantitative estimate of drug-likeness (QED) is 0.946. The van der Waals surface area contributed by atoms with E-state index in [9.17, 15) is 4.79 Å². The molecule has 5 heteroatoms. The minimum atomic E-state index is -0.0680. The molecular formula is C18H23N3O2. The molecule has 2 bridgehead atoms. The summed E-state index contributed by atoms with van der Waals surface area (Å²) < 4.78 is 5.53. The van der Waals surface area contributed by atoms with Crippen LogP contribution in [-0.4, -0.2) is 41.5 Å². The maximum atomic E-state index is 12.6. The average Bonchev–Trinajstić information content (AvgIpc) is 2.99. The Morgan fingerprint density at radius 3 is 2.83 bits per heavy atom. The number of furan rings is 1. The number of piperidine rings is 3. The Morgan fingerprint density at radius 2 is 2.17 bits per heavy atom. The van der Waals surface area contributed by atoms with E-state index in [1.54, 1.807) is 12.5 Å². The first-order valence-corrected chi connectivity index (χ1v) is 8.52. The third-order valence-electron chi connectivity index (χ3n) is 5.32. The van der Waals surface area contributed by atoms with E-state index in [4.69, 9.17) is 4.42 Å². The first-order chi connectivity index (χ1) is 11.1. The van der Waals surface area contributed by atoms with Gasteiger partial charge in [0.15, 0.2) is 5.58 Å². The number of nitrogens with zero attached hydrogens (tertiary/aromatic N) is 2. The van der Waals surface area contributed by atoms with E-state index in [0.717, 1.165) is 23.1 Å². The molecule has 5 heterocycles. The summed E-state index contributed by atoms with van der Waals surface area (Å²) in [4.78, 5) is 19.3. The van der Waals surface area contributed by atoms with Crippen LogP contribution in [0.1, 0.15) is 48.7 Å². The summed E-state index contributed by atoms with van der Waals surface area (Å²) in [6.45, 7) is 7.57. The largest absolute Gasteiger partial charge is 0.462 e. The molecule has 0 radical (unpaired) electrons. The molecule has 1 atom stereocenters. The monoisotopic (exact) mass is 313 g/mol. The van der Waals surface area contributed by atoms with Gasteiger partial charge in [0.05, 0.1) is 12.5 Å². The van der Waals surface area contributed by atoms with E-state index >= 15 is 0 Å². The number of nitrogens with one attached hydrogen (secondary N) is 1. The van der Waals surface area contributed by atoms with Crippen LogP contribution in [0.5, 0.6) is 0 Å². The fourth-order valence-corrected chi connectivity index (χ4v) is 3.89. The lowest BCUT2D eigenvalue weighted by atomic mass is 9.84. The zero-order chi connectivity index (χ0) is 16.0. The topological polar surface area (TPSA) is 58.4 Å². The number of pyridine rings is 1. The molecule has 3 saturated heterocycles. The van der Waals surface area contributed by atoms with E-state index < -0.39 is 0 Å². The fourth-order valence-electron chi connectivity index (χ4n) is 3.89. The number of hydrogen-bond acceptors (Lipinski definition) is 4. The van der Waals surface area contributed by atoms with Crippen molar-refractivity contribution in [2.24, 2.45) is 5.92 Å². The third-order valence-corrected chi connectivity index (χ3v) is 5.32. The van der Waals surface area contributed by atoms with Gasteiger partial charge in [-0.3, -0.25) is 4.79 Å². The van der Waals surface area contributed by atoms with E-state index in [1.165, 1.54) is 25.9 Å². The van der Waals surface area contributed by atoms with Crippen molar-refractivity contribution < 1.29 is 9.21 Å². The van der Waals surface area contributed by atoms with Gasteiger partial charge in [-0.1, -0.05) is 13.8 Å². The van der Waals surface area contributed by atoms with E-state index in [-0.39, 0.29) is 11.9 Å². The van der Waals surface area contributed by atoms with Crippen molar-refractivity contribution in [3.8, 4) is 0 Å². The lowest BCUT2D eigenvalue weighted by molar-refractivity contribution is 0.0618. The molecule has 3 aliphatic heterocycles. The maximum absolute atomic E-state index is 12.6. The normalized spacial score (nSPS) is 26.8. The molecule has 23 heavy (non-hydrogen) atoms. The van der Waals surface area contributed by atoms with Crippen molar-refractivity contribution >= 4 is 16.9 Å². The van der Waals surface area contributed by atoms with Crippen LogP contribution in [0.2, 0.25) is 0 Å². The standard InChI is InChI=1S/C18H23N3O2/c1-11(2)14-10-23-17-8-19-15(7-13(14)17)18(22)20-16-9-21-5-3-12(16)4-6-21/h7-8,10-12,16H,3-6,9H2,1-2H3,(H,20,22). The molecule has 0 aliphatic carbocycles. The SMILES string of the molecule is CC(C)c1coc2cnc(C(=O)NC3CN4CCC3CC4)cc12. The van der Waals surface area contributed by atoms with E-state index in [0.29, 0.717) is 17.5 Å². The highest BCUT2D eigenvalue weighted by Crippen LogP contribution is 2.29. The minimum Gasteiger partial charge on any atom is -0.462 e. The van der Waals surface area contributed by atoms with Gasteiger partial charge >= 0.3 is 0 Å². The van der Waals surface area contributed by atoms with Gasteiger partial charge in [-0.05, 0) is 43.8 Å². The predicted molar refractivity (Wildman–Crippen MR) is 88.5 cm³/mol. The van der Waals surface area contributed by atoms with Gasteiger partial charge in [-0.25, -0.2) is 4.98 Å². The summed E-state index contributed by atoms with van der Waals surface area (Å²) in [6, 6.07) is 2.13. The van der Waals surface area contributed by atoms with Gasteiger partial charge in [-0.15, -0.1) is 0 Å². The smallest absolute Gasteiger partial charge is 0.270 e. The average molecular weight is 313 g/mol. The molecule has 2 aromatic heterocycles. The van der Waals surface area contributed by atoms with Gasteiger partial charge in [0.25, 0.3) is 5.91 Å². The second kappa shape index (κ2) is 5.64. The lowest BCUT2D eigenvalue weighted by Gasteiger charge is -2.44. The van der Waals surface area contributed by atoms with Gasteiger partial charge in [-0.2, -0.15) is 0 Å². The highest BCUT2D eigenvalue weighted by Gasteiger charge is 2.35. The predicted octanol–water partition coefficient (Wildman–Crippen LogP) is 2.78. The molecule has 1 unspecified atom stereocenters. The van der Waals surface area contributed by atoms with Crippen molar-refractivity contribution in [3.05, 3.63) is 29.8 Å². The first kappa shape index (κ1) is 14.7. The number of aromatic nitrogens is 1. The van der Waals surface area contributed by atoms with E-state index in [2.05, 4.69) is 29.0 Å². The number of carbonyl (C=O) groups excluding carboxylic acids is 1. The lowest BCUT2D eigenvalue weighted by Crippen LogP contribution is -2.57. The number of fused-ring (bicyclic) bond motifs is 4. The molecule has 2 aromatic rings. The molecule has 0 saturated carbocycles. The Hall–Kier alpha value is -1.88. The van der Waals surface area contributed by atoms with Crippen LogP contribution in [-0.2, 0) is 0 Å². The van der Waals surface area contributed by atoms with Gasteiger partial charge < -0.3 is 14.6 Å². The summed E-state index contributed by atoms with van der Waals surface area (Å²) in [7, 11) is 0. The minimum absolute atomic E-state index is 0.0680. The summed E-state index contributed by atoms with van der Waals surface area (Å²) in [5.41, 5.74) is 2.35. The second-order valence-corrected chi connectivity index (χ2v) is 7.13. The van der Waals surface area contributed by atoms with Crippen molar-refractivity contribution in [2.75, 3.05) is 19.6 Å². The second-order valence-electron chi connectivity index (χ2n) is 7.13. The van der Waals surface area contributed by atoms with Crippen molar-refractivity contribution in [1.29, 1.82) is 0 Å². The highest BCUT2D eigenvalue weighted by atomic mass is 16.3. The number of hydrogen-bond donors (Lipinski definition) is 1. The van der Waals surface area contributed by atoms with Crippen molar-refractivity contribution in [1.82, 2.24) is 15.2 Å². The molecule has 0 aromatic carbocycles. The summed E-state index contributed by atoms with van der Waals surface area (Å²) in [5, 5.41) is 4.19. The zero-order valence-electron chi connectivity index (χ0n) is 13.7. The molecule has 0 spiro atoms. The Balaban J connectivity index is 1.56. The molecule has 3 aliphatic rings. The summed E-state index contributed by atoms with van der Waals surface area (Å²) >= 11 is 0. The number of rotatable bonds is 3. The molecule has 1 N–H and O–H groups in total. The maximum Gasteiger partial charge on any atom is 0.270 e. The third kappa shape index (κ3) is 2.63. The number of carbonyl (C=O) groups is 1. The summed E-state index contributed by atoms with van der Waals surface area (Å²) in [6.07, 6.45) is 5.81. The van der Waals surface area contributed by atoms with Crippen LogP contribution in [0.4, 0.5) is 0 Å². The van der Waals surface area contributed by atoms with Gasteiger partial charge in [0.2, 0.25) is 0 Å². The Bertz CT molecular complexity index is 729. The van der Waals surface area contributed by atoms with Gasteiger partial charge in [0.1, 0.15) is 5.69 Å². The molecule has 5 rings (SSSR count). The van der Waals surface area contributed by atoms with Crippen molar-refractivity contribution in [2.45, 2.75) is 38.6 Å². The Kier molecular flexibility index (Phi) is 3.60.